The molecular weight excluding hydrogens is 224 g/mol. The van der Waals surface area contributed by atoms with Crippen molar-refractivity contribution in [1.82, 2.24) is 0 Å². The first-order valence-electron chi connectivity index (χ1n) is 6.49. The van der Waals surface area contributed by atoms with E-state index in [1.165, 1.54) is 5.57 Å². The van der Waals surface area contributed by atoms with Crippen LogP contribution in [-0.4, -0.2) is 6.47 Å². The van der Waals surface area contributed by atoms with Crippen molar-refractivity contribution in [3.8, 4) is 5.75 Å². The predicted octanol–water partition coefficient (Wildman–Crippen LogP) is 5.01. The molecule has 1 aromatic rings. The lowest BCUT2D eigenvalue weighted by Gasteiger charge is -2.04. The fourth-order valence-corrected chi connectivity index (χ4v) is 1.23. The van der Waals surface area contributed by atoms with Crippen molar-refractivity contribution >= 4 is 12.5 Å². The summed E-state index contributed by atoms with van der Waals surface area (Å²) in [7, 11) is 0. The van der Waals surface area contributed by atoms with Crippen LogP contribution >= 0.6 is 0 Å². The van der Waals surface area contributed by atoms with Gasteiger partial charge in [-0.25, -0.2) is 0 Å². The van der Waals surface area contributed by atoms with Crippen LogP contribution in [0.4, 0.5) is 0 Å². The van der Waals surface area contributed by atoms with Gasteiger partial charge in [0, 0.05) is 5.56 Å². The van der Waals surface area contributed by atoms with Crippen LogP contribution in [-0.2, 0) is 4.79 Å². The minimum atomic E-state index is 0.455. The van der Waals surface area contributed by atoms with Crippen molar-refractivity contribution in [2.75, 3.05) is 0 Å². The zero-order valence-corrected chi connectivity index (χ0v) is 12.7. The molecule has 0 saturated carbocycles. The number of benzene rings is 1. The van der Waals surface area contributed by atoms with Crippen LogP contribution in [0.25, 0.3) is 6.08 Å². The molecule has 0 aliphatic carbocycles. The molecule has 0 radical (unpaired) electrons. The second-order valence-corrected chi connectivity index (χ2v) is 3.48. The highest BCUT2D eigenvalue weighted by molar-refractivity contribution is 5.62. The maximum Gasteiger partial charge on any atom is 0.298 e. The van der Waals surface area contributed by atoms with Gasteiger partial charge in [0.2, 0.25) is 0 Å². The Bertz CT molecular complexity index is 361. The average molecular weight is 250 g/mol. The van der Waals surface area contributed by atoms with E-state index in [4.69, 9.17) is 4.74 Å². The van der Waals surface area contributed by atoms with Gasteiger partial charge in [-0.2, -0.15) is 0 Å². The molecule has 102 valence electrons. The Morgan fingerprint density at radius 1 is 1.11 bits per heavy atom. The summed E-state index contributed by atoms with van der Waals surface area (Å²) in [5.74, 6) is 0.612. The quantitative estimate of drug-likeness (QED) is 0.705. The first-order valence-corrected chi connectivity index (χ1v) is 6.49. The standard InChI is InChI=1S/C12H14O2.2C2H6/c1-9(2)6-11-5-4-10(3)7-12(11)14-8-13;2*1-2/h4-8H,1-3H3;2*1-2H3. The minimum absolute atomic E-state index is 0.455. The Labute approximate surface area is 112 Å². The van der Waals surface area contributed by atoms with E-state index in [2.05, 4.69) is 0 Å². The van der Waals surface area contributed by atoms with Crippen LogP contribution in [0, 0.1) is 6.92 Å². The summed E-state index contributed by atoms with van der Waals surface area (Å²) in [6.45, 7) is 14.4. The number of hydrogen-bond acceptors (Lipinski definition) is 2. The van der Waals surface area contributed by atoms with Gasteiger partial charge < -0.3 is 4.74 Å². The van der Waals surface area contributed by atoms with Gasteiger partial charge in [-0.3, -0.25) is 4.79 Å². The summed E-state index contributed by atoms with van der Waals surface area (Å²) in [4.78, 5) is 10.3. The minimum Gasteiger partial charge on any atom is -0.428 e. The highest BCUT2D eigenvalue weighted by atomic mass is 16.5. The second-order valence-electron chi connectivity index (χ2n) is 3.48. The summed E-state index contributed by atoms with van der Waals surface area (Å²) < 4.78 is 4.89. The van der Waals surface area contributed by atoms with Crippen molar-refractivity contribution in [3.05, 3.63) is 34.9 Å². The molecule has 0 aliphatic rings. The van der Waals surface area contributed by atoms with Crippen LogP contribution in [0.2, 0.25) is 0 Å². The van der Waals surface area contributed by atoms with E-state index < -0.39 is 0 Å². The number of ether oxygens (including phenoxy) is 1. The van der Waals surface area contributed by atoms with Gasteiger partial charge in [0.05, 0.1) is 0 Å². The number of carbonyl (C=O) groups excluding carboxylic acids is 1. The normalized spacial score (nSPS) is 7.94. The van der Waals surface area contributed by atoms with E-state index in [-0.39, 0.29) is 0 Å². The molecule has 0 amide bonds. The third-order valence-corrected chi connectivity index (χ3v) is 1.79. The van der Waals surface area contributed by atoms with Gasteiger partial charge in [-0.15, -0.1) is 0 Å². The van der Waals surface area contributed by atoms with Crippen molar-refractivity contribution in [3.63, 3.8) is 0 Å². The Morgan fingerprint density at radius 3 is 2.11 bits per heavy atom. The molecule has 0 spiro atoms. The summed E-state index contributed by atoms with van der Waals surface area (Å²) in [6, 6.07) is 5.79. The maximum atomic E-state index is 10.3. The van der Waals surface area contributed by atoms with Crippen LogP contribution < -0.4 is 4.74 Å². The Hall–Kier alpha value is -1.57. The molecule has 1 rings (SSSR count). The number of rotatable bonds is 3. The van der Waals surface area contributed by atoms with E-state index in [1.54, 1.807) is 0 Å². The van der Waals surface area contributed by atoms with Crippen molar-refractivity contribution in [2.24, 2.45) is 0 Å². The van der Waals surface area contributed by atoms with E-state index in [0.29, 0.717) is 12.2 Å². The molecule has 1 aromatic carbocycles. The topological polar surface area (TPSA) is 26.3 Å². The zero-order chi connectivity index (χ0) is 14.6. The Balaban J connectivity index is 0. The maximum absolute atomic E-state index is 10.3. The monoisotopic (exact) mass is 250 g/mol. The average Bonchev–Trinajstić information content (AvgIpc) is 2.37. The number of aryl methyl sites for hydroxylation is 1. The molecule has 2 nitrogen and oxygen atoms in total. The van der Waals surface area contributed by atoms with Gasteiger partial charge >= 0.3 is 0 Å². The van der Waals surface area contributed by atoms with Crippen LogP contribution in [0.15, 0.2) is 23.8 Å². The highest BCUT2D eigenvalue weighted by Gasteiger charge is 2.00. The van der Waals surface area contributed by atoms with Gasteiger partial charge in [0.1, 0.15) is 5.75 Å². The molecule has 0 fully saturated rings. The summed E-state index contributed by atoms with van der Waals surface area (Å²) in [5.41, 5.74) is 3.18. The second kappa shape index (κ2) is 11.9. The fraction of sp³-hybridized carbons (Fsp3) is 0.438. The summed E-state index contributed by atoms with van der Waals surface area (Å²) >= 11 is 0. The molecule has 18 heavy (non-hydrogen) atoms. The third-order valence-electron chi connectivity index (χ3n) is 1.79. The smallest absolute Gasteiger partial charge is 0.298 e. The molecule has 0 atom stereocenters. The fourth-order valence-electron chi connectivity index (χ4n) is 1.23. The van der Waals surface area contributed by atoms with E-state index in [1.807, 2.05) is 72.7 Å². The first kappa shape index (κ1) is 18.8. The third kappa shape index (κ3) is 7.66. The lowest BCUT2D eigenvalue weighted by Crippen LogP contribution is -1.92. The molecule has 2 heteroatoms. The molecular formula is C16H26O2. The molecule has 0 heterocycles. The SMILES string of the molecule is CC.CC.CC(C)=Cc1ccc(C)cc1OC=O. The van der Waals surface area contributed by atoms with Crippen LogP contribution in [0.3, 0.4) is 0 Å². The Morgan fingerprint density at radius 2 is 1.67 bits per heavy atom. The molecule has 0 saturated heterocycles. The lowest BCUT2D eigenvalue weighted by atomic mass is 10.1. The molecule has 0 aromatic heterocycles. The van der Waals surface area contributed by atoms with Gasteiger partial charge in [-0.05, 0) is 32.4 Å². The molecule has 0 N–H and O–H groups in total. The number of allylic oxidation sites excluding steroid dienone is 1. The van der Waals surface area contributed by atoms with E-state index in [9.17, 15) is 4.79 Å². The molecule has 0 bridgehead atoms. The van der Waals surface area contributed by atoms with Gasteiger partial charge in [-0.1, -0.05) is 51.5 Å². The van der Waals surface area contributed by atoms with Crippen molar-refractivity contribution in [2.45, 2.75) is 48.5 Å². The zero-order valence-electron chi connectivity index (χ0n) is 12.7. The Kier molecular flexibility index (Phi) is 12.4. The molecule has 0 aliphatic heterocycles. The first-order chi connectivity index (χ1) is 8.63. The van der Waals surface area contributed by atoms with Crippen molar-refractivity contribution < 1.29 is 9.53 Å². The van der Waals surface area contributed by atoms with Gasteiger partial charge in [0.15, 0.2) is 0 Å². The number of hydrogen-bond donors (Lipinski definition) is 0. The van der Waals surface area contributed by atoms with E-state index in [0.717, 1.165) is 11.1 Å². The predicted molar refractivity (Wildman–Crippen MR) is 79.9 cm³/mol. The van der Waals surface area contributed by atoms with Crippen molar-refractivity contribution in [1.29, 1.82) is 0 Å². The lowest BCUT2D eigenvalue weighted by molar-refractivity contribution is -0.120. The number of carbonyl (C=O) groups is 1. The van der Waals surface area contributed by atoms with E-state index >= 15 is 0 Å². The van der Waals surface area contributed by atoms with Crippen LogP contribution in [0.1, 0.15) is 52.7 Å². The summed E-state index contributed by atoms with van der Waals surface area (Å²) in [5, 5.41) is 0. The highest BCUT2D eigenvalue weighted by Crippen LogP contribution is 2.22. The van der Waals surface area contributed by atoms with Crippen LogP contribution in [0.5, 0.6) is 5.75 Å². The van der Waals surface area contributed by atoms with Gasteiger partial charge in [0.25, 0.3) is 6.47 Å². The summed E-state index contributed by atoms with van der Waals surface area (Å²) in [6.07, 6.45) is 1.98. The molecule has 0 unspecified atom stereocenters. The largest absolute Gasteiger partial charge is 0.428 e.